The second-order valence-corrected chi connectivity index (χ2v) is 5.46. The van der Waals surface area contributed by atoms with Crippen LogP contribution in [0, 0.1) is 5.92 Å². The minimum Gasteiger partial charge on any atom is -0.496 e. The largest absolute Gasteiger partial charge is 0.496 e. The van der Waals surface area contributed by atoms with Gasteiger partial charge in [-0.05, 0) is 36.8 Å². The molecule has 0 bridgehead atoms. The van der Waals surface area contributed by atoms with Crippen molar-refractivity contribution in [2.24, 2.45) is 5.92 Å². The lowest BCUT2D eigenvalue weighted by molar-refractivity contribution is -0.123. The van der Waals surface area contributed by atoms with Gasteiger partial charge in [-0.1, -0.05) is 38.0 Å². The SMILES string of the molecule is CCCCC(=O)[C@@H]1CCC[C@H]1c1ccccc1OC. The predicted octanol–water partition coefficient (Wildman–Crippen LogP) is 4.34. The van der Waals surface area contributed by atoms with E-state index in [9.17, 15) is 4.79 Å². The van der Waals surface area contributed by atoms with Gasteiger partial charge in [-0.2, -0.15) is 0 Å². The van der Waals surface area contributed by atoms with Crippen LogP contribution < -0.4 is 4.74 Å². The van der Waals surface area contributed by atoms with E-state index in [1.807, 2.05) is 18.2 Å². The number of Topliss-reactive ketones (excluding diaryl/α,β-unsaturated/α-hetero) is 1. The van der Waals surface area contributed by atoms with Gasteiger partial charge < -0.3 is 4.74 Å². The fraction of sp³-hybridized carbons (Fsp3) is 0.588. The molecular formula is C17H24O2. The summed E-state index contributed by atoms with van der Waals surface area (Å²) in [6.45, 7) is 2.14. The van der Waals surface area contributed by atoms with Crippen molar-refractivity contribution in [2.75, 3.05) is 7.11 Å². The quantitative estimate of drug-likeness (QED) is 0.760. The molecule has 1 aliphatic carbocycles. The van der Waals surface area contributed by atoms with E-state index in [4.69, 9.17) is 4.74 Å². The Labute approximate surface area is 116 Å². The molecule has 2 nitrogen and oxygen atoms in total. The standard InChI is InChI=1S/C17H24O2/c1-3-4-11-16(18)14-10-7-9-13(14)15-8-5-6-12-17(15)19-2/h5-6,8,12-14H,3-4,7,9-11H2,1-2H3/t13-,14-/m1/s1. The Hall–Kier alpha value is -1.31. The molecule has 0 amide bonds. The van der Waals surface area contributed by atoms with E-state index in [1.54, 1.807) is 7.11 Å². The highest BCUT2D eigenvalue weighted by molar-refractivity contribution is 5.82. The third kappa shape index (κ3) is 3.17. The first-order valence-corrected chi connectivity index (χ1v) is 7.43. The molecule has 19 heavy (non-hydrogen) atoms. The van der Waals surface area contributed by atoms with Crippen molar-refractivity contribution in [3.05, 3.63) is 29.8 Å². The van der Waals surface area contributed by atoms with Crippen LogP contribution in [-0.2, 0) is 4.79 Å². The van der Waals surface area contributed by atoms with Gasteiger partial charge in [0.05, 0.1) is 7.11 Å². The number of carbonyl (C=O) groups excluding carboxylic acids is 1. The Bertz CT molecular complexity index is 425. The van der Waals surface area contributed by atoms with Crippen molar-refractivity contribution in [2.45, 2.75) is 51.4 Å². The average Bonchev–Trinajstić information content (AvgIpc) is 2.94. The summed E-state index contributed by atoms with van der Waals surface area (Å²) >= 11 is 0. The molecule has 0 heterocycles. The number of para-hydroxylation sites is 1. The summed E-state index contributed by atoms with van der Waals surface area (Å²) in [4.78, 5) is 12.3. The summed E-state index contributed by atoms with van der Waals surface area (Å²) in [5.41, 5.74) is 1.22. The summed E-state index contributed by atoms with van der Waals surface area (Å²) in [5, 5.41) is 0. The molecule has 0 N–H and O–H groups in total. The third-order valence-electron chi connectivity index (χ3n) is 4.24. The predicted molar refractivity (Wildman–Crippen MR) is 77.6 cm³/mol. The lowest BCUT2D eigenvalue weighted by Gasteiger charge is -2.21. The van der Waals surface area contributed by atoms with E-state index in [2.05, 4.69) is 13.0 Å². The Morgan fingerprint density at radius 2 is 2.11 bits per heavy atom. The molecule has 0 spiro atoms. The van der Waals surface area contributed by atoms with Gasteiger partial charge in [-0.3, -0.25) is 4.79 Å². The van der Waals surface area contributed by atoms with Crippen LogP contribution in [0.15, 0.2) is 24.3 Å². The highest BCUT2D eigenvalue weighted by atomic mass is 16.5. The van der Waals surface area contributed by atoms with Crippen molar-refractivity contribution in [1.29, 1.82) is 0 Å². The van der Waals surface area contributed by atoms with Crippen molar-refractivity contribution in [1.82, 2.24) is 0 Å². The summed E-state index contributed by atoms with van der Waals surface area (Å²) < 4.78 is 5.46. The van der Waals surface area contributed by atoms with Gasteiger partial charge in [0.25, 0.3) is 0 Å². The van der Waals surface area contributed by atoms with Gasteiger partial charge in [-0.15, -0.1) is 0 Å². The number of carbonyl (C=O) groups is 1. The Kier molecular flexibility index (Phi) is 5.00. The summed E-state index contributed by atoms with van der Waals surface area (Å²) in [5.74, 6) is 1.96. The van der Waals surface area contributed by atoms with Crippen LogP contribution >= 0.6 is 0 Å². The van der Waals surface area contributed by atoms with Gasteiger partial charge in [0.15, 0.2) is 0 Å². The summed E-state index contributed by atoms with van der Waals surface area (Å²) in [6.07, 6.45) is 6.18. The minimum atomic E-state index is 0.211. The molecule has 1 aliphatic rings. The number of ether oxygens (including phenoxy) is 1. The van der Waals surface area contributed by atoms with Crippen LogP contribution in [0.1, 0.15) is 56.9 Å². The maximum atomic E-state index is 12.3. The molecular weight excluding hydrogens is 236 g/mol. The van der Waals surface area contributed by atoms with Crippen LogP contribution in [0.4, 0.5) is 0 Å². The highest BCUT2D eigenvalue weighted by Gasteiger charge is 2.34. The smallest absolute Gasteiger partial charge is 0.136 e. The van der Waals surface area contributed by atoms with E-state index in [-0.39, 0.29) is 5.92 Å². The van der Waals surface area contributed by atoms with Crippen LogP contribution in [0.3, 0.4) is 0 Å². The molecule has 1 aromatic rings. The van der Waals surface area contributed by atoms with Gasteiger partial charge >= 0.3 is 0 Å². The highest BCUT2D eigenvalue weighted by Crippen LogP contribution is 2.43. The van der Waals surface area contributed by atoms with Gasteiger partial charge in [0.1, 0.15) is 11.5 Å². The topological polar surface area (TPSA) is 26.3 Å². The fourth-order valence-corrected chi connectivity index (χ4v) is 3.23. The zero-order chi connectivity index (χ0) is 13.7. The normalized spacial score (nSPS) is 22.4. The molecule has 1 saturated carbocycles. The zero-order valence-corrected chi connectivity index (χ0v) is 12.0. The molecule has 0 aromatic heterocycles. The molecule has 2 atom stereocenters. The number of benzene rings is 1. The lowest BCUT2D eigenvalue weighted by atomic mass is 9.84. The van der Waals surface area contributed by atoms with Crippen molar-refractivity contribution in [3.63, 3.8) is 0 Å². The molecule has 104 valence electrons. The minimum absolute atomic E-state index is 0.211. The molecule has 2 rings (SSSR count). The third-order valence-corrected chi connectivity index (χ3v) is 4.24. The molecule has 0 aliphatic heterocycles. The van der Waals surface area contributed by atoms with Crippen molar-refractivity contribution in [3.8, 4) is 5.75 Å². The average molecular weight is 260 g/mol. The van der Waals surface area contributed by atoms with Crippen molar-refractivity contribution >= 4 is 5.78 Å². The molecule has 0 saturated heterocycles. The summed E-state index contributed by atoms with van der Waals surface area (Å²) in [6, 6.07) is 8.16. The first-order chi connectivity index (χ1) is 9.27. The Morgan fingerprint density at radius 3 is 2.84 bits per heavy atom. The Balaban J connectivity index is 2.16. The maximum Gasteiger partial charge on any atom is 0.136 e. The number of hydrogen-bond donors (Lipinski definition) is 0. The lowest BCUT2D eigenvalue weighted by Crippen LogP contribution is -2.18. The molecule has 1 aromatic carbocycles. The zero-order valence-electron chi connectivity index (χ0n) is 12.0. The molecule has 0 unspecified atom stereocenters. The van der Waals surface area contributed by atoms with Crippen LogP contribution in [-0.4, -0.2) is 12.9 Å². The summed E-state index contributed by atoms with van der Waals surface area (Å²) in [7, 11) is 1.71. The van der Waals surface area contributed by atoms with Gasteiger partial charge in [-0.25, -0.2) is 0 Å². The second kappa shape index (κ2) is 6.74. The van der Waals surface area contributed by atoms with Gasteiger partial charge in [0.2, 0.25) is 0 Å². The number of methoxy groups -OCH3 is 1. The number of hydrogen-bond acceptors (Lipinski definition) is 2. The molecule has 1 fully saturated rings. The molecule has 2 heteroatoms. The van der Waals surface area contributed by atoms with Crippen LogP contribution in [0.25, 0.3) is 0 Å². The monoisotopic (exact) mass is 260 g/mol. The molecule has 0 radical (unpaired) electrons. The van der Waals surface area contributed by atoms with Crippen molar-refractivity contribution < 1.29 is 9.53 Å². The first-order valence-electron chi connectivity index (χ1n) is 7.43. The number of unbranched alkanes of at least 4 members (excludes halogenated alkanes) is 1. The van der Waals surface area contributed by atoms with E-state index < -0.39 is 0 Å². The van der Waals surface area contributed by atoms with E-state index in [0.29, 0.717) is 11.7 Å². The second-order valence-electron chi connectivity index (χ2n) is 5.46. The fourth-order valence-electron chi connectivity index (χ4n) is 3.23. The van der Waals surface area contributed by atoms with Crippen LogP contribution in [0.2, 0.25) is 0 Å². The van der Waals surface area contributed by atoms with E-state index in [1.165, 1.54) is 5.56 Å². The number of ketones is 1. The Morgan fingerprint density at radius 1 is 1.32 bits per heavy atom. The first kappa shape index (κ1) is 14.1. The maximum absolute atomic E-state index is 12.3. The van der Waals surface area contributed by atoms with E-state index >= 15 is 0 Å². The number of rotatable bonds is 6. The van der Waals surface area contributed by atoms with E-state index in [0.717, 1.165) is 44.3 Å². The van der Waals surface area contributed by atoms with Crippen LogP contribution in [0.5, 0.6) is 5.75 Å². The van der Waals surface area contributed by atoms with Gasteiger partial charge in [0, 0.05) is 12.3 Å².